The average molecular weight is 289 g/mol. The summed E-state index contributed by atoms with van der Waals surface area (Å²) in [6.07, 6.45) is 1.75. The molecule has 0 aliphatic rings. The molecule has 7 heteroatoms. The van der Waals surface area contributed by atoms with Crippen LogP contribution in [0.5, 0.6) is 11.5 Å². The van der Waals surface area contributed by atoms with Crippen LogP contribution in [0.2, 0.25) is 0 Å². The van der Waals surface area contributed by atoms with Gasteiger partial charge >= 0.3 is 0 Å². The van der Waals surface area contributed by atoms with E-state index in [1.54, 1.807) is 24.5 Å². The first-order valence-electron chi connectivity index (χ1n) is 5.57. The molecule has 1 aromatic carbocycles. The molecule has 1 aromatic heterocycles. The fraction of sp³-hybridized carbons (Fsp3) is 0.154. The van der Waals surface area contributed by atoms with E-state index in [2.05, 4.69) is 9.97 Å². The molecule has 0 unspecified atom stereocenters. The zero-order chi connectivity index (χ0) is 14.7. The SMILES string of the molecule is COc1cccc(-c2nc(SC)[nH]c(=O)c2C#N)c1O. The van der Waals surface area contributed by atoms with Crippen molar-refractivity contribution in [2.45, 2.75) is 5.16 Å². The zero-order valence-corrected chi connectivity index (χ0v) is 11.6. The lowest BCUT2D eigenvalue weighted by molar-refractivity contribution is 0.374. The third kappa shape index (κ3) is 2.33. The minimum absolute atomic E-state index is 0.136. The molecule has 2 N–H and O–H groups in total. The number of benzene rings is 1. The number of ether oxygens (including phenoxy) is 1. The van der Waals surface area contributed by atoms with Gasteiger partial charge in [0.25, 0.3) is 5.56 Å². The molecule has 0 spiro atoms. The molecule has 0 saturated heterocycles. The molecule has 0 fully saturated rings. The summed E-state index contributed by atoms with van der Waals surface area (Å²) >= 11 is 1.24. The number of phenols is 1. The van der Waals surface area contributed by atoms with Crippen molar-refractivity contribution >= 4 is 11.8 Å². The van der Waals surface area contributed by atoms with Gasteiger partial charge in [0.05, 0.1) is 7.11 Å². The smallest absolute Gasteiger partial charge is 0.270 e. The molecule has 0 bridgehead atoms. The predicted molar refractivity (Wildman–Crippen MR) is 75.0 cm³/mol. The van der Waals surface area contributed by atoms with Gasteiger partial charge in [-0.05, 0) is 18.4 Å². The minimum atomic E-state index is -0.538. The normalized spacial score (nSPS) is 10.1. The van der Waals surface area contributed by atoms with Crippen molar-refractivity contribution in [1.82, 2.24) is 9.97 Å². The zero-order valence-electron chi connectivity index (χ0n) is 10.8. The molecule has 0 amide bonds. The van der Waals surface area contributed by atoms with E-state index in [4.69, 9.17) is 10.00 Å². The number of nitrogens with one attached hydrogen (secondary N) is 1. The number of aromatic hydroxyl groups is 1. The van der Waals surface area contributed by atoms with Gasteiger partial charge in [-0.15, -0.1) is 0 Å². The Balaban J connectivity index is 2.79. The molecule has 0 saturated carbocycles. The number of thioether (sulfide) groups is 1. The van der Waals surface area contributed by atoms with Crippen LogP contribution < -0.4 is 10.3 Å². The Morgan fingerprint density at radius 3 is 2.85 bits per heavy atom. The number of rotatable bonds is 3. The third-order valence-corrected chi connectivity index (χ3v) is 3.26. The van der Waals surface area contributed by atoms with E-state index >= 15 is 0 Å². The number of nitriles is 1. The number of H-pyrrole nitrogens is 1. The largest absolute Gasteiger partial charge is 0.504 e. The van der Waals surface area contributed by atoms with Crippen LogP contribution in [-0.2, 0) is 0 Å². The Kier molecular flexibility index (Phi) is 3.96. The van der Waals surface area contributed by atoms with E-state index in [1.165, 1.54) is 18.9 Å². The van der Waals surface area contributed by atoms with Crippen LogP contribution in [0.15, 0.2) is 28.2 Å². The van der Waals surface area contributed by atoms with Crippen molar-refractivity contribution < 1.29 is 9.84 Å². The van der Waals surface area contributed by atoms with E-state index in [0.29, 0.717) is 5.16 Å². The van der Waals surface area contributed by atoms with Gasteiger partial charge in [-0.25, -0.2) is 4.98 Å². The molecule has 20 heavy (non-hydrogen) atoms. The van der Waals surface area contributed by atoms with Crippen molar-refractivity contribution in [2.24, 2.45) is 0 Å². The van der Waals surface area contributed by atoms with E-state index in [9.17, 15) is 9.90 Å². The number of methoxy groups -OCH3 is 1. The molecule has 0 aliphatic carbocycles. The van der Waals surface area contributed by atoms with E-state index in [1.807, 2.05) is 6.07 Å². The molecule has 0 atom stereocenters. The van der Waals surface area contributed by atoms with Crippen molar-refractivity contribution in [2.75, 3.05) is 13.4 Å². The van der Waals surface area contributed by atoms with Crippen molar-refractivity contribution in [3.8, 4) is 28.8 Å². The summed E-state index contributed by atoms with van der Waals surface area (Å²) in [5, 5.41) is 19.6. The minimum Gasteiger partial charge on any atom is -0.504 e. The highest BCUT2D eigenvalue weighted by Crippen LogP contribution is 2.36. The van der Waals surface area contributed by atoms with E-state index in [0.717, 1.165) is 0 Å². The number of phenolic OH excluding ortho intramolecular Hbond substituents is 1. The Hall–Kier alpha value is -2.46. The van der Waals surface area contributed by atoms with Crippen LogP contribution in [-0.4, -0.2) is 28.4 Å². The first-order chi connectivity index (χ1) is 9.62. The summed E-state index contributed by atoms with van der Waals surface area (Å²) < 4.78 is 5.02. The molecular weight excluding hydrogens is 278 g/mol. The fourth-order valence-electron chi connectivity index (χ4n) is 1.73. The molecule has 2 aromatic rings. The lowest BCUT2D eigenvalue weighted by Crippen LogP contribution is -2.14. The van der Waals surface area contributed by atoms with Crippen molar-refractivity contribution in [1.29, 1.82) is 5.26 Å². The Morgan fingerprint density at radius 1 is 1.50 bits per heavy atom. The van der Waals surface area contributed by atoms with Gasteiger partial charge < -0.3 is 14.8 Å². The molecule has 6 nitrogen and oxygen atoms in total. The number of aromatic nitrogens is 2. The second-order valence-corrected chi connectivity index (χ2v) is 4.56. The lowest BCUT2D eigenvalue weighted by atomic mass is 10.1. The monoisotopic (exact) mass is 289 g/mol. The van der Waals surface area contributed by atoms with Gasteiger partial charge in [0.2, 0.25) is 0 Å². The fourth-order valence-corrected chi connectivity index (χ4v) is 2.10. The van der Waals surface area contributed by atoms with Gasteiger partial charge in [-0.2, -0.15) is 5.26 Å². The molecule has 2 rings (SSSR count). The Morgan fingerprint density at radius 2 is 2.25 bits per heavy atom. The lowest BCUT2D eigenvalue weighted by Gasteiger charge is -2.09. The van der Waals surface area contributed by atoms with E-state index < -0.39 is 5.56 Å². The maximum atomic E-state index is 11.8. The van der Waals surface area contributed by atoms with Crippen LogP contribution in [0.4, 0.5) is 0 Å². The predicted octanol–water partition coefficient (Wildman–Crippen LogP) is 1.74. The maximum Gasteiger partial charge on any atom is 0.270 e. The quantitative estimate of drug-likeness (QED) is 0.659. The number of hydrogen-bond donors (Lipinski definition) is 2. The Labute approximate surface area is 119 Å². The summed E-state index contributed by atoms with van der Waals surface area (Å²) in [6.45, 7) is 0. The highest BCUT2D eigenvalue weighted by Gasteiger charge is 2.18. The van der Waals surface area contributed by atoms with Gasteiger partial charge in [-0.3, -0.25) is 4.79 Å². The topological polar surface area (TPSA) is 99.0 Å². The summed E-state index contributed by atoms with van der Waals surface area (Å²) in [5.41, 5.74) is -0.269. The first-order valence-corrected chi connectivity index (χ1v) is 6.79. The highest BCUT2D eigenvalue weighted by molar-refractivity contribution is 7.98. The molecule has 1 heterocycles. The van der Waals surface area contributed by atoms with E-state index in [-0.39, 0.29) is 28.3 Å². The van der Waals surface area contributed by atoms with Crippen LogP contribution >= 0.6 is 11.8 Å². The number of aromatic amines is 1. The summed E-state index contributed by atoms with van der Waals surface area (Å²) in [5.74, 6) is 0.0934. The Bertz CT molecular complexity index is 750. The average Bonchev–Trinajstić information content (AvgIpc) is 2.46. The summed E-state index contributed by atoms with van der Waals surface area (Å²) in [7, 11) is 1.42. The maximum absolute atomic E-state index is 11.8. The van der Waals surface area contributed by atoms with Crippen LogP contribution in [0.1, 0.15) is 5.56 Å². The van der Waals surface area contributed by atoms with Crippen molar-refractivity contribution in [3.63, 3.8) is 0 Å². The second-order valence-electron chi connectivity index (χ2n) is 3.77. The molecule has 0 radical (unpaired) electrons. The number of hydrogen-bond acceptors (Lipinski definition) is 6. The van der Waals surface area contributed by atoms with Gasteiger partial charge in [0, 0.05) is 5.56 Å². The van der Waals surface area contributed by atoms with Gasteiger partial charge in [-0.1, -0.05) is 17.8 Å². The second kappa shape index (κ2) is 5.67. The molecule has 0 aliphatic heterocycles. The molecular formula is C13H11N3O3S. The first kappa shape index (κ1) is 14.0. The standard InChI is InChI=1S/C13H11N3O3S/c1-19-9-5-3-4-7(11(9)17)10-8(6-14)12(18)16-13(15-10)20-2/h3-5,17H,1-2H3,(H,15,16,18). The van der Waals surface area contributed by atoms with Crippen LogP contribution in [0.25, 0.3) is 11.3 Å². The van der Waals surface area contributed by atoms with Gasteiger partial charge in [0.15, 0.2) is 16.7 Å². The number of para-hydroxylation sites is 1. The van der Waals surface area contributed by atoms with Gasteiger partial charge in [0.1, 0.15) is 17.3 Å². The number of nitrogens with zero attached hydrogens (tertiary/aromatic N) is 2. The van der Waals surface area contributed by atoms with Crippen LogP contribution in [0.3, 0.4) is 0 Å². The molecule has 102 valence electrons. The van der Waals surface area contributed by atoms with Crippen LogP contribution in [0, 0.1) is 11.3 Å². The highest BCUT2D eigenvalue weighted by atomic mass is 32.2. The summed E-state index contributed by atoms with van der Waals surface area (Å²) in [4.78, 5) is 18.5. The van der Waals surface area contributed by atoms with Crippen molar-refractivity contribution in [3.05, 3.63) is 34.1 Å². The summed E-state index contributed by atoms with van der Waals surface area (Å²) in [6, 6.07) is 6.61. The third-order valence-electron chi connectivity index (χ3n) is 2.68.